The second-order valence-electron chi connectivity index (χ2n) is 3.59. The van der Waals surface area contributed by atoms with Crippen LogP contribution in [0.25, 0.3) is 0 Å². The summed E-state index contributed by atoms with van der Waals surface area (Å²) in [4.78, 5) is 10.8. The van der Waals surface area contributed by atoms with Crippen molar-refractivity contribution in [3.05, 3.63) is 0 Å². The van der Waals surface area contributed by atoms with E-state index in [1.165, 1.54) is 6.92 Å². The molecule has 1 aliphatic rings. The molecule has 0 saturated heterocycles. The summed E-state index contributed by atoms with van der Waals surface area (Å²) in [6.45, 7) is 2.04. The van der Waals surface area contributed by atoms with E-state index in [0.29, 0.717) is 6.61 Å². The van der Waals surface area contributed by atoms with Gasteiger partial charge >= 0.3 is 5.97 Å². The first-order valence-electron chi connectivity index (χ1n) is 4.55. The van der Waals surface area contributed by atoms with Gasteiger partial charge in [0.15, 0.2) is 0 Å². The average Bonchev–Trinajstić information content (AvgIpc) is 2.31. The zero-order valence-corrected chi connectivity index (χ0v) is 8.16. The summed E-state index contributed by atoms with van der Waals surface area (Å²) in [6, 6.07) is 0. The van der Waals surface area contributed by atoms with Crippen LogP contribution < -0.4 is 0 Å². The molecule has 0 aromatic rings. The van der Waals surface area contributed by atoms with E-state index in [0.717, 1.165) is 12.8 Å². The quantitative estimate of drug-likeness (QED) is 0.481. The van der Waals surface area contributed by atoms with Crippen LogP contribution in [-0.2, 0) is 14.3 Å². The fourth-order valence-electron chi connectivity index (χ4n) is 1.87. The van der Waals surface area contributed by atoms with Crippen molar-refractivity contribution in [3.63, 3.8) is 0 Å². The Bertz CT molecular complexity index is 184. The first-order valence-corrected chi connectivity index (χ1v) is 4.55. The van der Waals surface area contributed by atoms with Gasteiger partial charge in [-0.3, -0.25) is 4.79 Å². The molecule has 0 heterocycles. The van der Waals surface area contributed by atoms with Crippen molar-refractivity contribution in [2.24, 2.45) is 5.92 Å². The van der Waals surface area contributed by atoms with Crippen molar-refractivity contribution >= 4 is 13.8 Å². The molecular formula is C9H15BO3. The van der Waals surface area contributed by atoms with E-state index in [-0.39, 0.29) is 23.8 Å². The molecule has 1 fully saturated rings. The third-order valence-electron chi connectivity index (χ3n) is 2.36. The lowest BCUT2D eigenvalue weighted by Crippen LogP contribution is -2.24. The highest BCUT2D eigenvalue weighted by Gasteiger charge is 2.33. The van der Waals surface area contributed by atoms with E-state index < -0.39 is 0 Å². The molecular weight excluding hydrogens is 167 g/mol. The van der Waals surface area contributed by atoms with Crippen LogP contribution in [0.1, 0.15) is 19.8 Å². The highest BCUT2D eigenvalue weighted by atomic mass is 16.5. The Morgan fingerprint density at radius 1 is 1.54 bits per heavy atom. The Morgan fingerprint density at radius 2 is 2.23 bits per heavy atom. The molecule has 72 valence electrons. The zero-order valence-electron chi connectivity index (χ0n) is 8.16. The number of hydrogen-bond acceptors (Lipinski definition) is 3. The Hall–Kier alpha value is -0.505. The molecule has 0 bridgehead atoms. The van der Waals surface area contributed by atoms with Gasteiger partial charge in [-0.15, -0.1) is 0 Å². The molecule has 3 nitrogen and oxygen atoms in total. The highest BCUT2D eigenvalue weighted by Crippen LogP contribution is 2.35. The minimum atomic E-state index is -0.236. The molecule has 0 spiro atoms. The molecule has 0 aliphatic heterocycles. The van der Waals surface area contributed by atoms with Crippen LogP contribution in [-0.4, -0.2) is 33.6 Å². The highest BCUT2D eigenvalue weighted by molar-refractivity contribution is 6.11. The number of methoxy groups -OCH3 is 1. The van der Waals surface area contributed by atoms with Crippen LogP contribution >= 0.6 is 0 Å². The maximum atomic E-state index is 10.8. The molecule has 0 aromatic carbocycles. The lowest BCUT2D eigenvalue weighted by molar-refractivity contribution is -0.148. The topological polar surface area (TPSA) is 35.5 Å². The molecule has 0 N–H and O–H groups in total. The van der Waals surface area contributed by atoms with Gasteiger partial charge in [-0.2, -0.15) is 0 Å². The van der Waals surface area contributed by atoms with Gasteiger partial charge < -0.3 is 9.47 Å². The van der Waals surface area contributed by atoms with Crippen molar-refractivity contribution in [1.82, 2.24) is 0 Å². The van der Waals surface area contributed by atoms with E-state index in [1.54, 1.807) is 7.11 Å². The summed E-state index contributed by atoms with van der Waals surface area (Å²) in [5.41, 5.74) is 0. The molecule has 0 aromatic heterocycles. The summed E-state index contributed by atoms with van der Waals surface area (Å²) >= 11 is 0. The largest absolute Gasteiger partial charge is 0.462 e. The molecule has 1 rings (SSSR count). The van der Waals surface area contributed by atoms with Gasteiger partial charge in [0, 0.05) is 20.0 Å². The predicted molar refractivity (Wildman–Crippen MR) is 49.7 cm³/mol. The van der Waals surface area contributed by atoms with E-state index in [9.17, 15) is 4.79 Å². The van der Waals surface area contributed by atoms with E-state index >= 15 is 0 Å². The lowest BCUT2D eigenvalue weighted by atomic mass is 9.85. The number of carbonyl (C=O) groups excluding carboxylic acids is 1. The molecule has 1 saturated carbocycles. The molecule has 3 atom stereocenters. The minimum Gasteiger partial charge on any atom is -0.462 e. The number of carbonyl (C=O) groups is 1. The third kappa shape index (κ3) is 3.03. The molecule has 1 aliphatic carbocycles. The summed E-state index contributed by atoms with van der Waals surface area (Å²) in [7, 11) is 7.42. The van der Waals surface area contributed by atoms with Gasteiger partial charge in [-0.25, -0.2) is 0 Å². The molecule has 13 heavy (non-hydrogen) atoms. The van der Waals surface area contributed by atoms with Gasteiger partial charge in [0.2, 0.25) is 0 Å². The van der Waals surface area contributed by atoms with Crippen LogP contribution in [0.4, 0.5) is 0 Å². The second kappa shape index (κ2) is 4.65. The molecule has 0 unspecified atom stereocenters. The van der Waals surface area contributed by atoms with Gasteiger partial charge in [0.25, 0.3) is 0 Å². The van der Waals surface area contributed by atoms with Gasteiger partial charge in [-0.05, 0) is 12.8 Å². The number of rotatable bonds is 3. The van der Waals surface area contributed by atoms with Crippen LogP contribution in [0, 0.1) is 5.92 Å². The van der Waals surface area contributed by atoms with Gasteiger partial charge in [-0.1, -0.05) is 5.82 Å². The smallest absolute Gasteiger partial charge is 0.302 e. The molecule has 2 radical (unpaired) electrons. The maximum absolute atomic E-state index is 10.8. The lowest BCUT2D eigenvalue weighted by Gasteiger charge is -2.18. The Morgan fingerprint density at radius 3 is 2.77 bits per heavy atom. The summed E-state index contributed by atoms with van der Waals surface area (Å²) in [5.74, 6) is 0.175. The zero-order chi connectivity index (χ0) is 9.84. The van der Waals surface area contributed by atoms with Crippen LogP contribution in [0.5, 0.6) is 0 Å². The SMILES string of the molecule is [B][C@@H]1C[C@H](COC)[C@@H](OC(C)=O)C1. The van der Waals surface area contributed by atoms with E-state index in [1.807, 2.05) is 0 Å². The first kappa shape index (κ1) is 10.6. The average molecular weight is 182 g/mol. The number of hydrogen-bond donors (Lipinski definition) is 0. The predicted octanol–water partition coefficient (Wildman–Crippen LogP) is 0.932. The van der Waals surface area contributed by atoms with Crippen molar-refractivity contribution in [1.29, 1.82) is 0 Å². The van der Waals surface area contributed by atoms with Gasteiger partial charge in [0.05, 0.1) is 14.5 Å². The summed E-state index contributed by atoms with van der Waals surface area (Å²) in [6.07, 6.45) is 1.59. The van der Waals surface area contributed by atoms with E-state index in [4.69, 9.17) is 17.3 Å². The van der Waals surface area contributed by atoms with Gasteiger partial charge in [0.1, 0.15) is 6.10 Å². The Labute approximate surface area is 80.2 Å². The second-order valence-corrected chi connectivity index (χ2v) is 3.59. The van der Waals surface area contributed by atoms with Crippen molar-refractivity contribution < 1.29 is 14.3 Å². The standard InChI is InChI=1S/C9H15BO3/c1-6(11)13-9-4-8(10)3-7(9)5-12-2/h7-9H,3-5H2,1-2H3/t7-,8-,9+/m1/s1. The molecule has 4 heteroatoms. The fraction of sp³-hybridized carbons (Fsp3) is 0.889. The van der Waals surface area contributed by atoms with Crippen LogP contribution in [0.2, 0.25) is 5.82 Å². The Balaban J connectivity index is 2.45. The Kier molecular flexibility index (Phi) is 3.79. The molecule has 0 amide bonds. The normalized spacial score (nSPS) is 33.2. The minimum absolute atomic E-state index is 0.0487. The summed E-state index contributed by atoms with van der Waals surface area (Å²) in [5, 5.41) is 0. The fourth-order valence-corrected chi connectivity index (χ4v) is 1.87. The van der Waals surface area contributed by atoms with E-state index in [2.05, 4.69) is 0 Å². The van der Waals surface area contributed by atoms with Crippen molar-refractivity contribution in [2.45, 2.75) is 31.7 Å². The van der Waals surface area contributed by atoms with Crippen LogP contribution in [0.15, 0.2) is 0 Å². The van der Waals surface area contributed by atoms with Crippen molar-refractivity contribution in [2.75, 3.05) is 13.7 Å². The number of esters is 1. The first-order chi connectivity index (χ1) is 6.13. The monoisotopic (exact) mass is 182 g/mol. The summed E-state index contributed by atoms with van der Waals surface area (Å²) < 4.78 is 10.2. The van der Waals surface area contributed by atoms with Crippen LogP contribution in [0.3, 0.4) is 0 Å². The third-order valence-corrected chi connectivity index (χ3v) is 2.36. The maximum Gasteiger partial charge on any atom is 0.302 e. The number of ether oxygens (including phenoxy) is 2. The van der Waals surface area contributed by atoms with Crippen molar-refractivity contribution in [3.8, 4) is 0 Å².